The van der Waals surface area contributed by atoms with Crippen LogP contribution in [0.25, 0.3) is 0 Å². The SMILES string of the molecule is O=C1CCN(N2Cc3cc(CO)ccc3C2=O)C(=O)N1. The summed E-state index contributed by atoms with van der Waals surface area (Å²) >= 11 is 0. The average Bonchev–Trinajstić information content (AvgIpc) is 2.75. The summed E-state index contributed by atoms with van der Waals surface area (Å²) < 4.78 is 0. The highest BCUT2D eigenvalue weighted by Gasteiger charge is 2.36. The lowest BCUT2D eigenvalue weighted by molar-refractivity contribution is -0.123. The van der Waals surface area contributed by atoms with Gasteiger partial charge in [0.1, 0.15) is 0 Å². The number of aliphatic hydroxyl groups is 1. The third kappa shape index (κ3) is 1.92. The van der Waals surface area contributed by atoms with E-state index in [0.717, 1.165) is 11.1 Å². The van der Waals surface area contributed by atoms with Crippen LogP contribution in [0.15, 0.2) is 18.2 Å². The van der Waals surface area contributed by atoms with Gasteiger partial charge in [0.25, 0.3) is 5.91 Å². The predicted molar refractivity (Wildman–Crippen MR) is 67.1 cm³/mol. The molecule has 0 unspecified atom stereocenters. The minimum atomic E-state index is -0.579. The molecule has 7 nitrogen and oxygen atoms in total. The predicted octanol–water partition coefficient (Wildman–Crippen LogP) is -0.00840. The van der Waals surface area contributed by atoms with Crippen LogP contribution in [-0.2, 0) is 17.9 Å². The molecule has 2 aliphatic rings. The Morgan fingerprint density at radius 2 is 2.00 bits per heavy atom. The highest BCUT2D eigenvalue weighted by Crippen LogP contribution is 2.26. The highest BCUT2D eigenvalue weighted by atomic mass is 16.3. The maximum atomic E-state index is 12.3. The van der Waals surface area contributed by atoms with Crippen molar-refractivity contribution >= 4 is 17.8 Å². The standard InChI is InChI=1S/C13H13N3O4/c17-7-8-1-2-10-9(5-8)6-16(12(10)19)15-4-3-11(18)14-13(15)20/h1-2,5,17H,3-4,6-7H2,(H,14,18,20). The molecule has 4 amide bonds. The molecule has 1 aromatic rings. The lowest BCUT2D eigenvalue weighted by atomic mass is 10.1. The summed E-state index contributed by atoms with van der Waals surface area (Å²) in [7, 11) is 0. The monoisotopic (exact) mass is 275 g/mol. The lowest BCUT2D eigenvalue weighted by Gasteiger charge is -2.33. The molecule has 0 atom stereocenters. The molecule has 2 N–H and O–H groups in total. The van der Waals surface area contributed by atoms with Crippen LogP contribution >= 0.6 is 0 Å². The van der Waals surface area contributed by atoms with Crippen LogP contribution < -0.4 is 5.32 Å². The molecular weight excluding hydrogens is 262 g/mol. The first kappa shape index (κ1) is 12.6. The van der Waals surface area contributed by atoms with E-state index < -0.39 is 6.03 Å². The summed E-state index contributed by atoms with van der Waals surface area (Å²) in [5.41, 5.74) is 2.01. The van der Waals surface area contributed by atoms with Gasteiger partial charge in [-0.25, -0.2) is 14.8 Å². The van der Waals surface area contributed by atoms with Crippen LogP contribution in [0.1, 0.15) is 27.9 Å². The molecule has 2 heterocycles. The van der Waals surface area contributed by atoms with Gasteiger partial charge in [-0.15, -0.1) is 0 Å². The summed E-state index contributed by atoms with van der Waals surface area (Å²) in [6.45, 7) is 0.362. The van der Waals surface area contributed by atoms with Crippen molar-refractivity contribution in [2.75, 3.05) is 6.54 Å². The van der Waals surface area contributed by atoms with Crippen molar-refractivity contribution in [2.24, 2.45) is 0 Å². The summed E-state index contributed by atoms with van der Waals surface area (Å²) in [6.07, 6.45) is 0.174. The Morgan fingerprint density at radius 1 is 1.20 bits per heavy atom. The number of hydrogen-bond acceptors (Lipinski definition) is 4. The average molecular weight is 275 g/mol. The summed E-state index contributed by atoms with van der Waals surface area (Å²) in [5.74, 6) is -0.605. The van der Waals surface area contributed by atoms with Gasteiger partial charge in [-0.1, -0.05) is 12.1 Å². The van der Waals surface area contributed by atoms with Gasteiger partial charge in [0.15, 0.2) is 0 Å². The highest BCUT2D eigenvalue weighted by molar-refractivity contribution is 6.01. The topological polar surface area (TPSA) is 90.0 Å². The number of benzene rings is 1. The van der Waals surface area contributed by atoms with E-state index in [1.54, 1.807) is 18.2 Å². The first-order chi connectivity index (χ1) is 9.60. The smallest absolute Gasteiger partial charge is 0.342 e. The zero-order valence-electron chi connectivity index (χ0n) is 10.6. The summed E-state index contributed by atoms with van der Waals surface area (Å²) in [6, 6.07) is 4.50. The largest absolute Gasteiger partial charge is 0.392 e. The number of urea groups is 1. The van der Waals surface area contributed by atoms with Gasteiger partial charge in [-0.2, -0.15) is 0 Å². The molecule has 0 radical (unpaired) electrons. The molecule has 1 aromatic carbocycles. The van der Waals surface area contributed by atoms with Gasteiger partial charge in [-0.05, 0) is 17.2 Å². The van der Waals surface area contributed by atoms with Crippen molar-refractivity contribution in [3.8, 4) is 0 Å². The first-order valence-electron chi connectivity index (χ1n) is 6.26. The molecule has 0 aliphatic carbocycles. The Labute approximate surface area is 114 Å². The van der Waals surface area contributed by atoms with Gasteiger partial charge in [0, 0.05) is 12.0 Å². The second-order valence-electron chi connectivity index (χ2n) is 4.74. The molecule has 2 aliphatic heterocycles. The lowest BCUT2D eigenvalue weighted by Crippen LogP contribution is -2.56. The van der Waals surface area contributed by atoms with Gasteiger partial charge in [0.2, 0.25) is 5.91 Å². The molecule has 0 aromatic heterocycles. The minimum absolute atomic E-state index is 0.0971. The number of fused-ring (bicyclic) bond motifs is 1. The normalized spacial score (nSPS) is 18.4. The molecule has 1 saturated heterocycles. The number of carbonyl (C=O) groups is 3. The van der Waals surface area contributed by atoms with Crippen LogP contribution in [0.4, 0.5) is 4.79 Å². The maximum Gasteiger partial charge on any atom is 0.342 e. The fourth-order valence-corrected chi connectivity index (χ4v) is 2.44. The molecule has 0 saturated carbocycles. The fourth-order valence-electron chi connectivity index (χ4n) is 2.44. The van der Waals surface area contributed by atoms with Crippen LogP contribution in [0.5, 0.6) is 0 Å². The second-order valence-corrected chi connectivity index (χ2v) is 4.74. The number of amides is 4. The number of aliphatic hydroxyl groups excluding tert-OH is 1. The van der Waals surface area contributed by atoms with Crippen LogP contribution in [0.3, 0.4) is 0 Å². The van der Waals surface area contributed by atoms with E-state index in [1.807, 2.05) is 0 Å². The van der Waals surface area contributed by atoms with Crippen molar-refractivity contribution in [3.05, 3.63) is 34.9 Å². The van der Waals surface area contributed by atoms with Crippen molar-refractivity contribution in [1.29, 1.82) is 0 Å². The second kappa shape index (κ2) is 4.61. The van der Waals surface area contributed by atoms with Crippen molar-refractivity contribution < 1.29 is 19.5 Å². The molecule has 20 heavy (non-hydrogen) atoms. The van der Waals surface area contributed by atoms with E-state index in [2.05, 4.69) is 5.32 Å². The Hall–Kier alpha value is -2.41. The Bertz CT molecular complexity index is 614. The fraction of sp³-hybridized carbons (Fsp3) is 0.308. The molecule has 7 heteroatoms. The number of hydrazine groups is 1. The molecule has 1 fully saturated rings. The van der Waals surface area contributed by atoms with Crippen LogP contribution in [-0.4, -0.2) is 39.5 Å². The van der Waals surface area contributed by atoms with Gasteiger partial charge in [0.05, 0.1) is 19.7 Å². The number of imide groups is 1. The Kier molecular flexibility index (Phi) is 2.90. The Balaban J connectivity index is 1.86. The summed E-state index contributed by atoms with van der Waals surface area (Å²) in [4.78, 5) is 35.2. The quantitative estimate of drug-likeness (QED) is 0.794. The zero-order valence-corrected chi connectivity index (χ0v) is 10.6. The van der Waals surface area contributed by atoms with Crippen LogP contribution in [0.2, 0.25) is 0 Å². The summed E-state index contributed by atoms with van der Waals surface area (Å²) in [5, 5.41) is 13.9. The van der Waals surface area contributed by atoms with Crippen molar-refractivity contribution in [3.63, 3.8) is 0 Å². The molecule has 104 valence electrons. The van der Waals surface area contributed by atoms with E-state index >= 15 is 0 Å². The molecule has 3 rings (SSSR count). The number of rotatable bonds is 2. The first-order valence-corrected chi connectivity index (χ1v) is 6.26. The number of carbonyl (C=O) groups excluding carboxylic acids is 3. The third-order valence-electron chi connectivity index (χ3n) is 3.46. The maximum absolute atomic E-state index is 12.3. The van der Waals surface area contributed by atoms with E-state index in [9.17, 15) is 14.4 Å². The van der Waals surface area contributed by atoms with E-state index in [1.165, 1.54) is 10.0 Å². The number of nitrogens with one attached hydrogen (secondary N) is 1. The number of hydrogen-bond donors (Lipinski definition) is 2. The van der Waals surface area contributed by atoms with Crippen LogP contribution in [0, 0.1) is 0 Å². The minimum Gasteiger partial charge on any atom is -0.392 e. The van der Waals surface area contributed by atoms with E-state index in [0.29, 0.717) is 5.56 Å². The zero-order chi connectivity index (χ0) is 14.3. The molecule has 0 spiro atoms. The van der Waals surface area contributed by atoms with Gasteiger partial charge >= 0.3 is 6.03 Å². The van der Waals surface area contributed by atoms with Gasteiger partial charge < -0.3 is 5.11 Å². The van der Waals surface area contributed by atoms with E-state index in [4.69, 9.17) is 5.11 Å². The van der Waals surface area contributed by atoms with Crippen molar-refractivity contribution in [1.82, 2.24) is 15.3 Å². The van der Waals surface area contributed by atoms with Gasteiger partial charge in [-0.3, -0.25) is 14.9 Å². The Morgan fingerprint density at radius 3 is 2.70 bits per heavy atom. The van der Waals surface area contributed by atoms with Crippen molar-refractivity contribution in [2.45, 2.75) is 19.6 Å². The molecular formula is C13H13N3O4. The third-order valence-corrected chi connectivity index (χ3v) is 3.46. The van der Waals surface area contributed by atoms with E-state index in [-0.39, 0.29) is 37.9 Å². The molecule has 0 bridgehead atoms. The number of nitrogens with zero attached hydrogens (tertiary/aromatic N) is 2.